The third-order valence-electron chi connectivity index (χ3n) is 4.16. The van der Waals surface area contributed by atoms with Crippen LogP contribution in [0.4, 0.5) is 0 Å². The van der Waals surface area contributed by atoms with Crippen molar-refractivity contribution in [2.45, 2.75) is 40.8 Å². The lowest BCUT2D eigenvalue weighted by Crippen LogP contribution is -2.36. The molecule has 1 amide bonds. The molecule has 0 aliphatic rings. The van der Waals surface area contributed by atoms with Gasteiger partial charge in [0.2, 0.25) is 5.91 Å². The summed E-state index contributed by atoms with van der Waals surface area (Å²) in [6.45, 7) is 13.6. The first kappa shape index (κ1) is 19.7. The molecule has 1 aromatic heterocycles. The van der Waals surface area contributed by atoms with Crippen LogP contribution in [-0.4, -0.2) is 38.7 Å². The molecule has 2 rings (SSSR count). The molecule has 0 aliphatic heterocycles. The van der Waals surface area contributed by atoms with Crippen molar-refractivity contribution in [2.75, 3.05) is 13.2 Å². The van der Waals surface area contributed by atoms with Crippen LogP contribution in [0.15, 0.2) is 36.9 Å². The van der Waals surface area contributed by atoms with Crippen molar-refractivity contribution in [1.82, 2.24) is 19.7 Å². The van der Waals surface area contributed by atoms with E-state index in [2.05, 4.69) is 16.7 Å². The second-order valence-corrected chi connectivity index (χ2v) is 6.39. The summed E-state index contributed by atoms with van der Waals surface area (Å²) in [4.78, 5) is 19.0. The molecule has 0 unspecified atom stereocenters. The molecule has 0 aliphatic carbocycles. The molecule has 6 heteroatoms. The molecule has 2 aromatic rings. The van der Waals surface area contributed by atoms with Crippen LogP contribution >= 0.6 is 0 Å². The zero-order valence-electron chi connectivity index (χ0n) is 16.1. The molecule has 6 nitrogen and oxygen atoms in total. The first-order valence-corrected chi connectivity index (χ1v) is 8.94. The zero-order valence-corrected chi connectivity index (χ0v) is 16.1. The van der Waals surface area contributed by atoms with Crippen LogP contribution in [0.5, 0.6) is 5.75 Å². The predicted octanol–water partition coefficient (Wildman–Crippen LogP) is 3.14. The molecule has 1 heterocycles. The summed E-state index contributed by atoms with van der Waals surface area (Å²) >= 11 is 0. The van der Waals surface area contributed by atoms with Gasteiger partial charge in [0, 0.05) is 13.1 Å². The highest BCUT2D eigenvalue weighted by molar-refractivity contribution is 5.78. The third kappa shape index (κ3) is 5.18. The molecule has 0 saturated carbocycles. The number of aryl methyl sites for hydroxylation is 2. The van der Waals surface area contributed by atoms with Crippen LogP contribution in [0, 0.1) is 19.8 Å². The van der Waals surface area contributed by atoms with Crippen LogP contribution < -0.4 is 4.74 Å². The van der Waals surface area contributed by atoms with E-state index in [4.69, 9.17) is 4.74 Å². The SMILES string of the molecule is C=CCOc1cccc(CN(CC)C(=O)[C@@H](C)Cn2nc(C)nc2C)c1. The minimum atomic E-state index is -0.171. The molecule has 1 aromatic carbocycles. The van der Waals surface area contributed by atoms with E-state index in [-0.39, 0.29) is 11.8 Å². The number of carbonyl (C=O) groups is 1. The summed E-state index contributed by atoms with van der Waals surface area (Å²) < 4.78 is 7.37. The molecule has 0 spiro atoms. The van der Waals surface area contributed by atoms with Gasteiger partial charge in [0.05, 0.1) is 12.5 Å². The van der Waals surface area contributed by atoms with E-state index in [1.165, 1.54) is 0 Å². The quantitative estimate of drug-likeness (QED) is 0.648. The van der Waals surface area contributed by atoms with E-state index < -0.39 is 0 Å². The Morgan fingerprint density at radius 2 is 2.19 bits per heavy atom. The third-order valence-corrected chi connectivity index (χ3v) is 4.16. The largest absolute Gasteiger partial charge is 0.490 e. The maximum absolute atomic E-state index is 12.9. The minimum absolute atomic E-state index is 0.109. The molecule has 0 fully saturated rings. The Labute approximate surface area is 155 Å². The number of benzene rings is 1. The summed E-state index contributed by atoms with van der Waals surface area (Å²) in [5.74, 6) is 2.28. The fourth-order valence-electron chi connectivity index (χ4n) is 2.84. The Hall–Kier alpha value is -2.63. The standard InChI is InChI=1S/C20H28N4O2/c1-6-11-26-19-10-8-9-18(12-19)14-23(7-2)20(25)15(3)13-24-17(5)21-16(4)22-24/h6,8-10,12,15H,1,7,11,13-14H2,2-5H3/t15-/m0/s1. The first-order chi connectivity index (χ1) is 12.4. The Balaban J connectivity index is 2.03. The lowest BCUT2D eigenvalue weighted by atomic mass is 10.1. The fourth-order valence-corrected chi connectivity index (χ4v) is 2.84. The molecule has 1 atom stereocenters. The highest BCUT2D eigenvalue weighted by Gasteiger charge is 2.21. The number of aromatic nitrogens is 3. The van der Waals surface area contributed by atoms with Gasteiger partial charge in [0.15, 0.2) is 0 Å². The minimum Gasteiger partial charge on any atom is -0.490 e. The van der Waals surface area contributed by atoms with Gasteiger partial charge in [-0.2, -0.15) is 5.10 Å². The summed E-state index contributed by atoms with van der Waals surface area (Å²) in [6.07, 6.45) is 1.71. The van der Waals surface area contributed by atoms with Crippen LogP contribution in [0.2, 0.25) is 0 Å². The molecular weight excluding hydrogens is 328 g/mol. The molecule has 0 N–H and O–H groups in total. The van der Waals surface area contributed by atoms with Gasteiger partial charge in [0.25, 0.3) is 0 Å². The van der Waals surface area contributed by atoms with Crippen molar-refractivity contribution in [1.29, 1.82) is 0 Å². The topological polar surface area (TPSA) is 60.2 Å². The Kier molecular flexibility index (Phi) is 6.95. The van der Waals surface area contributed by atoms with Crippen LogP contribution in [0.1, 0.15) is 31.1 Å². The smallest absolute Gasteiger partial charge is 0.227 e. The van der Waals surface area contributed by atoms with Gasteiger partial charge in [-0.05, 0) is 38.5 Å². The highest BCUT2D eigenvalue weighted by Crippen LogP contribution is 2.17. The molecule has 26 heavy (non-hydrogen) atoms. The number of nitrogens with zero attached hydrogens (tertiary/aromatic N) is 4. The predicted molar refractivity (Wildman–Crippen MR) is 102 cm³/mol. The summed E-state index contributed by atoms with van der Waals surface area (Å²) in [6, 6.07) is 7.82. The van der Waals surface area contributed by atoms with Crippen LogP contribution in [0.25, 0.3) is 0 Å². The maximum Gasteiger partial charge on any atom is 0.227 e. The second kappa shape index (κ2) is 9.17. The molecule has 0 radical (unpaired) electrons. The van der Waals surface area contributed by atoms with Crippen LogP contribution in [-0.2, 0) is 17.9 Å². The van der Waals surface area contributed by atoms with Gasteiger partial charge in [-0.15, -0.1) is 0 Å². The Morgan fingerprint density at radius 3 is 2.81 bits per heavy atom. The Morgan fingerprint density at radius 1 is 1.42 bits per heavy atom. The average molecular weight is 356 g/mol. The lowest BCUT2D eigenvalue weighted by molar-refractivity contribution is -0.135. The summed E-state index contributed by atoms with van der Waals surface area (Å²) in [5.41, 5.74) is 1.04. The van der Waals surface area contributed by atoms with Crippen molar-refractivity contribution in [3.63, 3.8) is 0 Å². The van der Waals surface area contributed by atoms with Crippen molar-refractivity contribution >= 4 is 5.91 Å². The number of ether oxygens (including phenoxy) is 1. The normalized spacial score (nSPS) is 11.8. The molecular formula is C20H28N4O2. The number of carbonyl (C=O) groups excluding carboxylic acids is 1. The Bertz CT molecular complexity index is 754. The molecule has 0 saturated heterocycles. The summed E-state index contributed by atoms with van der Waals surface area (Å²) in [7, 11) is 0. The monoisotopic (exact) mass is 356 g/mol. The zero-order chi connectivity index (χ0) is 19.1. The number of rotatable bonds is 9. The number of amides is 1. The molecule has 140 valence electrons. The van der Waals surface area contributed by atoms with Crippen molar-refractivity contribution in [3.8, 4) is 5.75 Å². The van der Waals surface area contributed by atoms with Crippen molar-refractivity contribution in [3.05, 3.63) is 54.1 Å². The van der Waals surface area contributed by atoms with Gasteiger partial charge in [0.1, 0.15) is 24.0 Å². The second-order valence-electron chi connectivity index (χ2n) is 6.39. The van der Waals surface area contributed by atoms with E-state index in [0.717, 1.165) is 23.0 Å². The van der Waals surface area contributed by atoms with Gasteiger partial charge < -0.3 is 9.64 Å². The highest BCUT2D eigenvalue weighted by atomic mass is 16.5. The van der Waals surface area contributed by atoms with E-state index >= 15 is 0 Å². The van der Waals surface area contributed by atoms with Gasteiger partial charge >= 0.3 is 0 Å². The van der Waals surface area contributed by atoms with Crippen molar-refractivity contribution < 1.29 is 9.53 Å². The lowest BCUT2D eigenvalue weighted by Gasteiger charge is -2.25. The number of hydrogen-bond acceptors (Lipinski definition) is 4. The van der Waals surface area contributed by atoms with E-state index in [1.807, 2.05) is 56.9 Å². The molecule has 0 bridgehead atoms. The van der Waals surface area contributed by atoms with Crippen molar-refractivity contribution in [2.24, 2.45) is 5.92 Å². The van der Waals surface area contributed by atoms with E-state index in [0.29, 0.717) is 26.2 Å². The summed E-state index contributed by atoms with van der Waals surface area (Å²) in [5, 5.41) is 4.35. The average Bonchev–Trinajstić information content (AvgIpc) is 2.94. The first-order valence-electron chi connectivity index (χ1n) is 8.94. The van der Waals surface area contributed by atoms with E-state index in [1.54, 1.807) is 10.8 Å². The van der Waals surface area contributed by atoms with Gasteiger partial charge in [-0.1, -0.05) is 31.7 Å². The van der Waals surface area contributed by atoms with Crippen LogP contribution in [0.3, 0.4) is 0 Å². The fraction of sp³-hybridized carbons (Fsp3) is 0.450. The van der Waals surface area contributed by atoms with E-state index in [9.17, 15) is 4.79 Å². The number of hydrogen-bond donors (Lipinski definition) is 0. The van der Waals surface area contributed by atoms with Gasteiger partial charge in [-0.25, -0.2) is 9.67 Å². The van der Waals surface area contributed by atoms with Gasteiger partial charge in [-0.3, -0.25) is 4.79 Å². The maximum atomic E-state index is 12.9.